The summed E-state index contributed by atoms with van der Waals surface area (Å²) in [6.07, 6.45) is 2.05. The minimum atomic E-state index is -0.365. The van der Waals surface area contributed by atoms with E-state index in [2.05, 4.69) is 24.0 Å². The standard InChI is InChI=1S/C13H19NO/c1-3-14-8-4-5-11-6-7-12(10(2)15)9-13(11)14/h6-7,9-10,15H,3-5,8H2,1-2H3. The maximum atomic E-state index is 9.57. The van der Waals surface area contributed by atoms with Crippen LogP contribution in [0.1, 0.15) is 37.5 Å². The smallest absolute Gasteiger partial charge is 0.0762 e. The number of nitrogens with zero attached hydrogens (tertiary/aromatic N) is 1. The predicted octanol–water partition coefficient (Wildman–Crippen LogP) is 2.51. The van der Waals surface area contributed by atoms with E-state index < -0.39 is 0 Å². The van der Waals surface area contributed by atoms with Crippen LogP contribution in [0.25, 0.3) is 0 Å². The Bertz CT molecular complexity index is 346. The van der Waals surface area contributed by atoms with Crippen LogP contribution >= 0.6 is 0 Å². The lowest BCUT2D eigenvalue weighted by Crippen LogP contribution is -2.29. The van der Waals surface area contributed by atoms with Gasteiger partial charge in [-0.3, -0.25) is 0 Å². The number of rotatable bonds is 2. The van der Waals surface area contributed by atoms with Crippen LogP contribution in [0.5, 0.6) is 0 Å². The highest BCUT2D eigenvalue weighted by molar-refractivity contribution is 5.57. The number of anilines is 1. The Kier molecular flexibility index (Phi) is 2.96. The average molecular weight is 205 g/mol. The Hall–Kier alpha value is -1.02. The number of benzene rings is 1. The Balaban J connectivity index is 2.39. The van der Waals surface area contributed by atoms with Crippen molar-refractivity contribution in [2.24, 2.45) is 0 Å². The molecule has 1 unspecified atom stereocenters. The van der Waals surface area contributed by atoms with Gasteiger partial charge in [-0.15, -0.1) is 0 Å². The summed E-state index contributed by atoms with van der Waals surface area (Å²) in [5.41, 5.74) is 3.77. The molecule has 0 saturated heterocycles. The lowest BCUT2D eigenvalue weighted by atomic mass is 9.98. The highest BCUT2D eigenvalue weighted by Gasteiger charge is 2.16. The van der Waals surface area contributed by atoms with Crippen LogP contribution in [0.15, 0.2) is 18.2 Å². The molecule has 1 aromatic rings. The number of aliphatic hydroxyl groups excluding tert-OH is 1. The summed E-state index contributed by atoms with van der Waals surface area (Å²) >= 11 is 0. The number of hydrogen-bond donors (Lipinski definition) is 1. The number of aryl methyl sites for hydroxylation is 1. The summed E-state index contributed by atoms with van der Waals surface area (Å²) < 4.78 is 0. The van der Waals surface area contributed by atoms with E-state index in [0.717, 1.165) is 18.7 Å². The van der Waals surface area contributed by atoms with Gasteiger partial charge in [0.2, 0.25) is 0 Å². The van der Waals surface area contributed by atoms with Gasteiger partial charge in [-0.1, -0.05) is 12.1 Å². The largest absolute Gasteiger partial charge is 0.389 e. The van der Waals surface area contributed by atoms with Gasteiger partial charge in [-0.25, -0.2) is 0 Å². The fourth-order valence-electron chi connectivity index (χ4n) is 2.26. The van der Waals surface area contributed by atoms with E-state index in [-0.39, 0.29) is 6.10 Å². The van der Waals surface area contributed by atoms with E-state index in [1.54, 1.807) is 0 Å². The highest BCUT2D eigenvalue weighted by Crippen LogP contribution is 2.29. The molecular formula is C13H19NO. The summed E-state index contributed by atoms with van der Waals surface area (Å²) in [5, 5.41) is 9.57. The summed E-state index contributed by atoms with van der Waals surface area (Å²) in [6.45, 7) is 6.20. The quantitative estimate of drug-likeness (QED) is 0.802. The molecule has 15 heavy (non-hydrogen) atoms. The normalized spacial score (nSPS) is 17.4. The third-order valence-electron chi connectivity index (χ3n) is 3.19. The van der Waals surface area contributed by atoms with Crippen molar-refractivity contribution in [3.05, 3.63) is 29.3 Å². The number of aliphatic hydroxyl groups is 1. The molecule has 1 heterocycles. The molecule has 0 aromatic heterocycles. The molecular weight excluding hydrogens is 186 g/mol. The molecule has 0 fully saturated rings. The van der Waals surface area contributed by atoms with Gasteiger partial charge in [0.1, 0.15) is 0 Å². The molecule has 0 saturated carbocycles. The second-order valence-corrected chi connectivity index (χ2v) is 4.25. The Morgan fingerprint density at radius 1 is 1.47 bits per heavy atom. The number of fused-ring (bicyclic) bond motifs is 1. The molecule has 0 radical (unpaired) electrons. The number of hydrogen-bond acceptors (Lipinski definition) is 2. The van der Waals surface area contributed by atoms with E-state index in [0.29, 0.717) is 0 Å². The first-order valence-corrected chi connectivity index (χ1v) is 5.78. The van der Waals surface area contributed by atoms with Gasteiger partial charge < -0.3 is 10.0 Å². The first-order valence-electron chi connectivity index (χ1n) is 5.78. The van der Waals surface area contributed by atoms with E-state index in [4.69, 9.17) is 0 Å². The van der Waals surface area contributed by atoms with Crippen molar-refractivity contribution in [3.8, 4) is 0 Å². The molecule has 1 N–H and O–H groups in total. The van der Waals surface area contributed by atoms with E-state index in [9.17, 15) is 5.11 Å². The monoisotopic (exact) mass is 205 g/mol. The molecule has 82 valence electrons. The fourth-order valence-corrected chi connectivity index (χ4v) is 2.26. The van der Waals surface area contributed by atoms with E-state index in [1.807, 2.05) is 13.0 Å². The van der Waals surface area contributed by atoms with Crippen molar-refractivity contribution in [2.75, 3.05) is 18.0 Å². The van der Waals surface area contributed by atoms with E-state index in [1.165, 1.54) is 24.1 Å². The molecule has 2 rings (SSSR count). The molecule has 1 aromatic carbocycles. The molecule has 1 aliphatic rings. The average Bonchev–Trinajstić information content (AvgIpc) is 2.27. The third kappa shape index (κ3) is 2.00. The first-order chi connectivity index (χ1) is 7.22. The topological polar surface area (TPSA) is 23.5 Å². The van der Waals surface area contributed by atoms with Crippen molar-refractivity contribution in [3.63, 3.8) is 0 Å². The molecule has 0 spiro atoms. The van der Waals surface area contributed by atoms with Crippen LogP contribution in [-0.4, -0.2) is 18.2 Å². The molecule has 0 amide bonds. The molecule has 1 atom stereocenters. The van der Waals surface area contributed by atoms with Gasteiger partial charge in [0.05, 0.1) is 6.10 Å². The third-order valence-corrected chi connectivity index (χ3v) is 3.19. The predicted molar refractivity (Wildman–Crippen MR) is 63.3 cm³/mol. The van der Waals surface area contributed by atoms with Gasteiger partial charge in [-0.05, 0) is 43.9 Å². The van der Waals surface area contributed by atoms with Gasteiger partial charge in [-0.2, -0.15) is 0 Å². The van der Waals surface area contributed by atoms with Crippen LogP contribution < -0.4 is 4.90 Å². The SMILES string of the molecule is CCN1CCCc2ccc(C(C)O)cc21. The van der Waals surface area contributed by atoms with Gasteiger partial charge in [0.15, 0.2) is 0 Å². The highest BCUT2D eigenvalue weighted by atomic mass is 16.3. The van der Waals surface area contributed by atoms with Crippen LogP contribution in [0.2, 0.25) is 0 Å². The van der Waals surface area contributed by atoms with Crippen molar-refractivity contribution < 1.29 is 5.11 Å². The second kappa shape index (κ2) is 4.23. The van der Waals surface area contributed by atoms with Crippen LogP contribution in [0.4, 0.5) is 5.69 Å². The van der Waals surface area contributed by atoms with Crippen LogP contribution in [-0.2, 0) is 6.42 Å². The van der Waals surface area contributed by atoms with Crippen molar-refractivity contribution in [1.82, 2.24) is 0 Å². The molecule has 0 bridgehead atoms. The Labute approximate surface area is 91.5 Å². The second-order valence-electron chi connectivity index (χ2n) is 4.25. The maximum absolute atomic E-state index is 9.57. The summed E-state index contributed by atoms with van der Waals surface area (Å²) in [4.78, 5) is 2.39. The van der Waals surface area contributed by atoms with Crippen LogP contribution in [0, 0.1) is 0 Å². The van der Waals surface area contributed by atoms with Gasteiger partial charge in [0, 0.05) is 18.8 Å². The first kappa shape index (κ1) is 10.5. The fraction of sp³-hybridized carbons (Fsp3) is 0.538. The van der Waals surface area contributed by atoms with Gasteiger partial charge in [0.25, 0.3) is 0 Å². The van der Waals surface area contributed by atoms with E-state index >= 15 is 0 Å². The van der Waals surface area contributed by atoms with Crippen LogP contribution in [0.3, 0.4) is 0 Å². The Morgan fingerprint density at radius 2 is 2.27 bits per heavy atom. The lowest BCUT2D eigenvalue weighted by Gasteiger charge is -2.31. The van der Waals surface area contributed by atoms with Crippen molar-refractivity contribution >= 4 is 5.69 Å². The minimum Gasteiger partial charge on any atom is -0.389 e. The maximum Gasteiger partial charge on any atom is 0.0762 e. The molecule has 0 aliphatic carbocycles. The van der Waals surface area contributed by atoms with Crippen molar-refractivity contribution in [1.29, 1.82) is 0 Å². The lowest BCUT2D eigenvalue weighted by molar-refractivity contribution is 0.199. The zero-order valence-electron chi connectivity index (χ0n) is 9.53. The minimum absolute atomic E-state index is 0.365. The molecule has 1 aliphatic heterocycles. The zero-order valence-corrected chi connectivity index (χ0v) is 9.53. The zero-order chi connectivity index (χ0) is 10.8. The Morgan fingerprint density at radius 3 is 2.93 bits per heavy atom. The van der Waals surface area contributed by atoms with Gasteiger partial charge >= 0.3 is 0 Å². The summed E-state index contributed by atoms with van der Waals surface area (Å²) in [5.74, 6) is 0. The molecule has 2 heteroatoms. The summed E-state index contributed by atoms with van der Waals surface area (Å²) in [7, 11) is 0. The van der Waals surface area contributed by atoms with Crippen molar-refractivity contribution in [2.45, 2.75) is 32.8 Å². The molecule has 2 nitrogen and oxygen atoms in total. The summed E-state index contributed by atoms with van der Waals surface area (Å²) in [6, 6.07) is 6.35.